The smallest absolute Gasteiger partial charge is 0.205 e. The average molecular weight is 497 g/mol. The van der Waals surface area contributed by atoms with Crippen LogP contribution in [-0.2, 0) is 0 Å². The average Bonchev–Trinajstić information content (AvgIpc) is 3.39. The molecule has 0 aliphatic rings. The van der Waals surface area contributed by atoms with Crippen LogP contribution in [0.5, 0.6) is 0 Å². The van der Waals surface area contributed by atoms with Gasteiger partial charge in [-0.3, -0.25) is 9.69 Å². The van der Waals surface area contributed by atoms with Gasteiger partial charge >= 0.3 is 0 Å². The molecule has 0 fully saturated rings. The van der Waals surface area contributed by atoms with E-state index in [1.54, 1.807) is 0 Å². The van der Waals surface area contributed by atoms with Gasteiger partial charge in [0.25, 0.3) is 0 Å². The molecule has 0 saturated carbocycles. The summed E-state index contributed by atoms with van der Waals surface area (Å²) in [7, 11) is 0. The molecule has 3 nitrogen and oxygen atoms in total. The number of rotatable bonds is 6. The Morgan fingerprint density at radius 2 is 1.27 bits per heavy atom. The number of aromatic nitrogens is 1. The summed E-state index contributed by atoms with van der Waals surface area (Å²) < 4.78 is 0. The summed E-state index contributed by atoms with van der Waals surface area (Å²) in [5.74, 6) is -0.0165. The molecule has 4 heteroatoms. The van der Waals surface area contributed by atoms with E-state index in [4.69, 9.17) is 4.98 Å². The number of nitrogens with zero attached hydrogens (tertiary/aromatic N) is 2. The SMILES string of the molecule is Cc1ccc(-c2nc(N(c3ccccc3)c3ccccc3)sc2C(=O)c2cccc3ccccc23)cc1. The van der Waals surface area contributed by atoms with Gasteiger partial charge in [-0.2, -0.15) is 0 Å². The summed E-state index contributed by atoms with van der Waals surface area (Å²) in [4.78, 5) is 22.0. The maximum Gasteiger partial charge on any atom is 0.205 e. The fourth-order valence-electron chi connectivity index (χ4n) is 4.54. The lowest BCUT2D eigenvalue weighted by atomic mass is 9.99. The lowest BCUT2D eigenvalue weighted by molar-refractivity contribution is 0.104. The first kappa shape index (κ1) is 22.9. The molecule has 37 heavy (non-hydrogen) atoms. The highest BCUT2D eigenvalue weighted by molar-refractivity contribution is 7.18. The number of ketones is 1. The predicted molar refractivity (Wildman–Crippen MR) is 154 cm³/mol. The summed E-state index contributed by atoms with van der Waals surface area (Å²) in [5.41, 5.74) is 5.46. The Morgan fingerprint density at radius 1 is 0.676 bits per heavy atom. The van der Waals surface area contributed by atoms with Crippen molar-refractivity contribution in [3.8, 4) is 11.3 Å². The minimum Gasteiger partial charge on any atom is -0.288 e. The zero-order valence-electron chi connectivity index (χ0n) is 20.3. The van der Waals surface area contributed by atoms with Gasteiger partial charge in [-0.25, -0.2) is 4.98 Å². The molecule has 0 amide bonds. The normalized spacial score (nSPS) is 10.9. The Balaban J connectivity index is 1.57. The molecule has 1 aromatic heterocycles. The number of carbonyl (C=O) groups excluding carboxylic acids is 1. The number of carbonyl (C=O) groups is 1. The highest BCUT2D eigenvalue weighted by Gasteiger charge is 2.25. The van der Waals surface area contributed by atoms with Crippen molar-refractivity contribution in [2.75, 3.05) is 4.90 Å². The zero-order chi connectivity index (χ0) is 25.2. The van der Waals surface area contributed by atoms with Crippen molar-refractivity contribution in [3.05, 3.63) is 143 Å². The second-order valence-electron chi connectivity index (χ2n) is 8.90. The van der Waals surface area contributed by atoms with Crippen molar-refractivity contribution >= 4 is 44.4 Å². The first-order valence-corrected chi connectivity index (χ1v) is 13.0. The van der Waals surface area contributed by atoms with Crippen LogP contribution >= 0.6 is 11.3 Å². The van der Waals surface area contributed by atoms with Crippen LogP contribution in [-0.4, -0.2) is 10.8 Å². The van der Waals surface area contributed by atoms with Gasteiger partial charge in [0.15, 0.2) is 5.13 Å². The largest absolute Gasteiger partial charge is 0.288 e. The summed E-state index contributed by atoms with van der Waals surface area (Å²) in [5, 5.41) is 2.74. The van der Waals surface area contributed by atoms with E-state index >= 15 is 0 Å². The molecule has 0 N–H and O–H groups in total. The third-order valence-electron chi connectivity index (χ3n) is 6.40. The van der Waals surface area contributed by atoms with E-state index in [0.29, 0.717) is 16.1 Å². The number of thiazole rings is 1. The molecule has 1 heterocycles. The molecule has 0 spiro atoms. The van der Waals surface area contributed by atoms with E-state index in [2.05, 4.69) is 48.2 Å². The van der Waals surface area contributed by atoms with Gasteiger partial charge in [0, 0.05) is 22.5 Å². The Hall–Kier alpha value is -4.54. The second-order valence-corrected chi connectivity index (χ2v) is 9.88. The Morgan fingerprint density at radius 3 is 1.95 bits per heavy atom. The van der Waals surface area contributed by atoms with Crippen molar-refractivity contribution in [1.29, 1.82) is 0 Å². The third-order valence-corrected chi connectivity index (χ3v) is 7.44. The number of anilines is 3. The standard InChI is InChI=1S/C33H24N2OS/c1-23-19-21-25(22-20-23)30-32(31(36)29-18-10-12-24-11-8-9-17-28(24)29)37-33(34-30)35(26-13-4-2-5-14-26)27-15-6-3-7-16-27/h2-22H,1H3. The van der Waals surface area contributed by atoms with Crippen LogP contribution in [0.3, 0.4) is 0 Å². The van der Waals surface area contributed by atoms with Crippen molar-refractivity contribution in [1.82, 2.24) is 4.98 Å². The molecule has 6 rings (SSSR count). The van der Waals surface area contributed by atoms with Crippen LogP contribution < -0.4 is 4.90 Å². The maximum atomic E-state index is 14.2. The molecule has 0 unspecified atom stereocenters. The molecule has 0 atom stereocenters. The van der Waals surface area contributed by atoms with Crippen molar-refractivity contribution in [3.63, 3.8) is 0 Å². The first-order chi connectivity index (χ1) is 18.2. The molecule has 0 radical (unpaired) electrons. The van der Waals surface area contributed by atoms with E-state index in [0.717, 1.165) is 38.4 Å². The Labute approximate surface area is 220 Å². The minimum absolute atomic E-state index is 0.0165. The van der Waals surface area contributed by atoms with Gasteiger partial charge in [-0.15, -0.1) is 0 Å². The number of fused-ring (bicyclic) bond motifs is 1. The van der Waals surface area contributed by atoms with Crippen LogP contribution in [0, 0.1) is 6.92 Å². The van der Waals surface area contributed by atoms with Gasteiger partial charge in [0.1, 0.15) is 4.88 Å². The molecule has 0 bridgehead atoms. The molecular formula is C33H24N2OS. The van der Waals surface area contributed by atoms with Gasteiger partial charge in [0.2, 0.25) is 5.78 Å². The van der Waals surface area contributed by atoms with Crippen LogP contribution in [0.2, 0.25) is 0 Å². The number of benzene rings is 5. The lowest BCUT2D eigenvalue weighted by Crippen LogP contribution is -2.09. The molecular weight excluding hydrogens is 472 g/mol. The molecule has 0 saturated heterocycles. The molecule has 0 aliphatic carbocycles. The molecule has 5 aromatic carbocycles. The summed E-state index contributed by atoms with van der Waals surface area (Å²) in [6.07, 6.45) is 0. The van der Waals surface area contributed by atoms with Gasteiger partial charge in [0.05, 0.1) is 5.69 Å². The third kappa shape index (κ3) is 4.44. The molecule has 0 aliphatic heterocycles. The van der Waals surface area contributed by atoms with Gasteiger partial charge in [-0.05, 0) is 42.0 Å². The van der Waals surface area contributed by atoms with Crippen molar-refractivity contribution < 1.29 is 4.79 Å². The number of hydrogen-bond acceptors (Lipinski definition) is 4. The number of para-hydroxylation sites is 2. The second kappa shape index (κ2) is 9.84. The van der Waals surface area contributed by atoms with Crippen LogP contribution in [0.1, 0.15) is 20.8 Å². The van der Waals surface area contributed by atoms with Crippen LogP contribution in [0.25, 0.3) is 22.0 Å². The van der Waals surface area contributed by atoms with Crippen LogP contribution in [0.4, 0.5) is 16.5 Å². The summed E-state index contributed by atoms with van der Waals surface area (Å²) in [6.45, 7) is 2.06. The van der Waals surface area contributed by atoms with E-state index in [-0.39, 0.29) is 5.78 Å². The minimum atomic E-state index is -0.0165. The topological polar surface area (TPSA) is 33.2 Å². The Bertz CT molecular complexity index is 1650. The van der Waals surface area contributed by atoms with E-state index in [1.807, 2.05) is 91.0 Å². The van der Waals surface area contributed by atoms with E-state index in [1.165, 1.54) is 11.3 Å². The highest BCUT2D eigenvalue weighted by Crippen LogP contribution is 2.42. The van der Waals surface area contributed by atoms with Crippen molar-refractivity contribution in [2.24, 2.45) is 0 Å². The highest BCUT2D eigenvalue weighted by atomic mass is 32.1. The van der Waals surface area contributed by atoms with Gasteiger partial charge < -0.3 is 0 Å². The Kier molecular flexibility index (Phi) is 6.09. The zero-order valence-corrected chi connectivity index (χ0v) is 21.2. The quantitative estimate of drug-likeness (QED) is 0.216. The predicted octanol–water partition coefficient (Wildman–Crippen LogP) is 8.97. The summed E-state index contributed by atoms with van der Waals surface area (Å²) in [6, 6.07) is 42.4. The number of aryl methyl sites for hydroxylation is 1. The van der Waals surface area contributed by atoms with Gasteiger partial charge in [-0.1, -0.05) is 120 Å². The monoisotopic (exact) mass is 496 g/mol. The lowest BCUT2D eigenvalue weighted by Gasteiger charge is -2.22. The molecule has 178 valence electrons. The number of hydrogen-bond donors (Lipinski definition) is 0. The fourth-order valence-corrected chi connectivity index (χ4v) is 5.62. The maximum absolute atomic E-state index is 14.2. The van der Waals surface area contributed by atoms with Crippen LogP contribution in [0.15, 0.2) is 127 Å². The van der Waals surface area contributed by atoms with E-state index in [9.17, 15) is 4.79 Å². The van der Waals surface area contributed by atoms with E-state index < -0.39 is 0 Å². The van der Waals surface area contributed by atoms with Crippen molar-refractivity contribution in [2.45, 2.75) is 6.92 Å². The molecule has 6 aromatic rings. The fraction of sp³-hybridized carbons (Fsp3) is 0.0303. The first-order valence-electron chi connectivity index (χ1n) is 12.2. The summed E-state index contributed by atoms with van der Waals surface area (Å²) >= 11 is 1.43.